The third kappa shape index (κ3) is 4.04. The maximum Gasteiger partial charge on any atom is 0.295 e. The summed E-state index contributed by atoms with van der Waals surface area (Å²) in [5.74, 6) is -0.525. The van der Waals surface area contributed by atoms with Gasteiger partial charge in [0.05, 0.1) is 31.6 Å². The number of Topliss-reactive ketones (excluding diaryl/α,β-unsaturated/α-hetero) is 1. The number of aliphatic hydroxyl groups is 1. The van der Waals surface area contributed by atoms with E-state index in [4.69, 9.17) is 13.9 Å². The number of ether oxygens (including phenoxy) is 2. The molecule has 1 saturated heterocycles. The van der Waals surface area contributed by atoms with Crippen molar-refractivity contribution in [3.8, 4) is 11.5 Å². The van der Waals surface area contributed by atoms with Crippen molar-refractivity contribution in [2.45, 2.75) is 12.5 Å². The van der Waals surface area contributed by atoms with Crippen LogP contribution in [0.2, 0.25) is 0 Å². The minimum atomic E-state index is -0.821. The first-order valence-corrected chi connectivity index (χ1v) is 9.58. The van der Waals surface area contributed by atoms with Crippen LogP contribution in [0.5, 0.6) is 11.5 Å². The highest BCUT2D eigenvalue weighted by Gasteiger charge is 2.47. The van der Waals surface area contributed by atoms with Crippen LogP contribution in [0.4, 0.5) is 0 Å². The lowest BCUT2D eigenvalue weighted by Crippen LogP contribution is -2.32. The van der Waals surface area contributed by atoms with E-state index in [1.165, 1.54) is 25.4 Å². The van der Waals surface area contributed by atoms with Crippen molar-refractivity contribution in [1.82, 2.24) is 9.80 Å². The fraction of sp³-hybridized carbons (Fsp3) is 0.364. The van der Waals surface area contributed by atoms with Gasteiger partial charge in [0, 0.05) is 6.54 Å². The van der Waals surface area contributed by atoms with Gasteiger partial charge in [-0.15, -0.1) is 0 Å². The summed E-state index contributed by atoms with van der Waals surface area (Å²) in [7, 11) is 6.83. The fourth-order valence-corrected chi connectivity index (χ4v) is 3.55. The first kappa shape index (κ1) is 21.4. The van der Waals surface area contributed by atoms with Crippen molar-refractivity contribution >= 4 is 17.4 Å². The molecule has 160 valence electrons. The van der Waals surface area contributed by atoms with E-state index in [0.717, 1.165) is 6.54 Å². The maximum absolute atomic E-state index is 13.0. The van der Waals surface area contributed by atoms with Crippen LogP contribution in [0.15, 0.2) is 46.6 Å². The molecule has 1 N–H and O–H groups in total. The summed E-state index contributed by atoms with van der Waals surface area (Å²) in [5, 5.41) is 11.1. The summed E-state index contributed by atoms with van der Waals surface area (Å²) in [6.45, 7) is 1.09. The summed E-state index contributed by atoms with van der Waals surface area (Å²) in [5.41, 5.74) is 0.228. The van der Waals surface area contributed by atoms with Gasteiger partial charge in [-0.25, -0.2) is 0 Å². The standard InChI is InChI=1S/C22H26N2O6/c1-23(2)10-6-11-24-19(17-7-5-12-30-17)18(21(26)22(24)27)20(25)15-13-14(28-3)8-9-16(15)29-4/h5,7-9,12-13,19,25H,6,10-11H2,1-4H3/b20-18-. The second-order valence-electron chi connectivity index (χ2n) is 7.23. The smallest absolute Gasteiger partial charge is 0.295 e. The minimum Gasteiger partial charge on any atom is -0.507 e. The number of carbonyl (C=O) groups excluding carboxylic acids is 2. The van der Waals surface area contributed by atoms with Gasteiger partial charge < -0.3 is 28.8 Å². The van der Waals surface area contributed by atoms with E-state index in [9.17, 15) is 14.7 Å². The summed E-state index contributed by atoms with van der Waals surface area (Å²) < 4.78 is 16.1. The van der Waals surface area contributed by atoms with E-state index in [1.54, 1.807) is 30.3 Å². The Morgan fingerprint density at radius 3 is 2.57 bits per heavy atom. The molecular formula is C22H26N2O6. The molecule has 8 heteroatoms. The minimum absolute atomic E-state index is 0.0358. The van der Waals surface area contributed by atoms with E-state index in [0.29, 0.717) is 30.2 Å². The zero-order chi connectivity index (χ0) is 21.8. The third-order valence-electron chi connectivity index (χ3n) is 5.02. The number of hydrogen-bond donors (Lipinski definition) is 1. The van der Waals surface area contributed by atoms with E-state index in [2.05, 4.69) is 0 Å². The van der Waals surface area contributed by atoms with E-state index < -0.39 is 17.7 Å². The first-order valence-electron chi connectivity index (χ1n) is 9.58. The lowest BCUT2D eigenvalue weighted by molar-refractivity contribution is -0.140. The normalized spacial score (nSPS) is 18.3. The molecule has 1 aliphatic rings. The van der Waals surface area contributed by atoms with Gasteiger partial charge in [0.2, 0.25) is 0 Å². The van der Waals surface area contributed by atoms with Crippen LogP contribution in [0.25, 0.3) is 5.76 Å². The molecule has 0 saturated carbocycles. The molecule has 0 aliphatic carbocycles. The molecule has 1 atom stereocenters. The number of rotatable bonds is 8. The topological polar surface area (TPSA) is 92.4 Å². The van der Waals surface area contributed by atoms with Crippen molar-refractivity contribution in [1.29, 1.82) is 0 Å². The van der Waals surface area contributed by atoms with Gasteiger partial charge in [-0.1, -0.05) is 0 Å². The van der Waals surface area contributed by atoms with Crippen molar-refractivity contribution in [2.75, 3.05) is 41.4 Å². The molecular weight excluding hydrogens is 388 g/mol. The van der Waals surface area contributed by atoms with Gasteiger partial charge in [-0.3, -0.25) is 9.59 Å². The van der Waals surface area contributed by atoms with E-state index in [-0.39, 0.29) is 16.9 Å². The molecule has 2 heterocycles. The second-order valence-corrected chi connectivity index (χ2v) is 7.23. The second kappa shape index (κ2) is 9.04. The summed E-state index contributed by atoms with van der Waals surface area (Å²) in [6.07, 6.45) is 2.14. The Morgan fingerprint density at radius 1 is 1.20 bits per heavy atom. The van der Waals surface area contributed by atoms with Gasteiger partial charge in [-0.05, 0) is 57.4 Å². The van der Waals surface area contributed by atoms with E-state index in [1.807, 2.05) is 19.0 Å². The predicted molar refractivity (Wildman–Crippen MR) is 110 cm³/mol. The molecule has 1 aliphatic heterocycles. The number of aliphatic hydroxyl groups excluding tert-OH is 1. The molecule has 1 aromatic heterocycles. The number of benzene rings is 1. The molecule has 0 spiro atoms. The number of furan rings is 1. The zero-order valence-electron chi connectivity index (χ0n) is 17.5. The summed E-state index contributed by atoms with van der Waals surface area (Å²) in [6, 6.07) is 7.42. The van der Waals surface area contributed by atoms with Crippen LogP contribution in [0.1, 0.15) is 23.8 Å². The molecule has 1 fully saturated rings. The Hall–Kier alpha value is -3.26. The Balaban J connectivity index is 2.11. The molecule has 1 unspecified atom stereocenters. The maximum atomic E-state index is 13.0. The monoisotopic (exact) mass is 414 g/mol. The molecule has 30 heavy (non-hydrogen) atoms. The highest BCUT2D eigenvalue weighted by atomic mass is 16.5. The Labute approximate surface area is 175 Å². The predicted octanol–water partition coefficient (Wildman–Crippen LogP) is 2.67. The Kier molecular flexibility index (Phi) is 6.47. The quantitative estimate of drug-likeness (QED) is 0.403. The molecule has 0 bridgehead atoms. The van der Waals surface area contributed by atoms with Crippen LogP contribution in [-0.2, 0) is 9.59 Å². The van der Waals surface area contributed by atoms with Crippen molar-refractivity contribution in [3.05, 3.63) is 53.5 Å². The van der Waals surface area contributed by atoms with Crippen molar-refractivity contribution in [2.24, 2.45) is 0 Å². The number of nitrogens with zero attached hydrogens (tertiary/aromatic N) is 2. The summed E-state index contributed by atoms with van der Waals surface area (Å²) in [4.78, 5) is 29.2. The van der Waals surface area contributed by atoms with Gasteiger partial charge in [0.1, 0.15) is 29.1 Å². The lowest BCUT2D eigenvalue weighted by atomic mass is 9.98. The number of methoxy groups -OCH3 is 2. The van der Waals surface area contributed by atoms with Crippen molar-refractivity contribution in [3.63, 3.8) is 0 Å². The molecule has 3 rings (SSSR count). The van der Waals surface area contributed by atoms with Crippen LogP contribution < -0.4 is 9.47 Å². The average Bonchev–Trinajstić information content (AvgIpc) is 3.35. The zero-order valence-corrected chi connectivity index (χ0v) is 17.5. The number of hydrogen-bond acceptors (Lipinski definition) is 7. The van der Waals surface area contributed by atoms with Gasteiger partial charge in [0.25, 0.3) is 11.7 Å². The van der Waals surface area contributed by atoms with Crippen LogP contribution in [0.3, 0.4) is 0 Å². The van der Waals surface area contributed by atoms with Crippen LogP contribution >= 0.6 is 0 Å². The largest absolute Gasteiger partial charge is 0.507 e. The number of amides is 1. The number of ketones is 1. The number of carbonyl (C=O) groups is 2. The summed E-state index contributed by atoms with van der Waals surface area (Å²) >= 11 is 0. The molecule has 2 aromatic rings. The average molecular weight is 414 g/mol. The van der Waals surface area contributed by atoms with Crippen molar-refractivity contribution < 1.29 is 28.6 Å². The molecule has 1 amide bonds. The SMILES string of the molecule is COc1ccc(OC)c(/C(O)=C2/C(=O)C(=O)N(CCCN(C)C)C2c2ccco2)c1. The Bertz CT molecular complexity index is 949. The highest BCUT2D eigenvalue weighted by molar-refractivity contribution is 6.46. The first-order chi connectivity index (χ1) is 14.4. The fourth-order valence-electron chi connectivity index (χ4n) is 3.55. The molecule has 0 radical (unpaired) electrons. The van der Waals surface area contributed by atoms with Gasteiger partial charge in [0.15, 0.2) is 0 Å². The third-order valence-corrected chi connectivity index (χ3v) is 5.02. The van der Waals surface area contributed by atoms with Crippen LogP contribution in [-0.4, -0.2) is 68.0 Å². The molecule has 8 nitrogen and oxygen atoms in total. The Morgan fingerprint density at radius 2 is 1.97 bits per heavy atom. The highest BCUT2D eigenvalue weighted by Crippen LogP contribution is 2.41. The lowest BCUT2D eigenvalue weighted by Gasteiger charge is -2.24. The van der Waals surface area contributed by atoms with E-state index >= 15 is 0 Å². The molecule has 1 aromatic carbocycles. The van der Waals surface area contributed by atoms with Gasteiger partial charge in [-0.2, -0.15) is 0 Å². The van der Waals surface area contributed by atoms with Gasteiger partial charge >= 0.3 is 0 Å². The number of likely N-dealkylation sites (tertiary alicyclic amines) is 1. The van der Waals surface area contributed by atoms with Crippen LogP contribution in [0, 0.1) is 0 Å².